The van der Waals surface area contributed by atoms with Crippen molar-refractivity contribution in [2.75, 3.05) is 27.2 Å². The first kappa shape index (κ1) is 85.1. The fourth-order valence-corrected chi connectivity index (χ4v) is 18.0. The summed E-state index contributed by atoms with van der Waals surface area (Å²) in [5.74, 6) is -4.21. The molecule has 2 aromatic heterocycles. The minimum atomic E-state index is -4.00. The second-order valence-electron chi connectivity index (χ2n) is 33.8. The number of aromatic nitrogens is 6. The second-order valence-corrected chi connectivity index (χ2v) is 37.8. The van der Waals surface area contributed by atoms with Crippen molar-refractivity contribution in [1.82, 2.24) is 91.8 Å². The van der Waals surface area contributed by atoms with Crippen LogP contribution in [0.15, 0.2) is 146 Å². The number of carbonyl (C=O) groups is 8. The third-order valence-corrected chi connectivity index (χ3v) is 26.4. The Hall–Kier alpha value is -10.8. The molecule has 628 valence electrons. The van der Waals surface area contributed by atoms with E-state index in [1.165, 1.54) is 19.2 Å². The average Bonchev–Trinajstić information content (AvgIpc) is 1.62. The number of fused-ring (bicyclic) bond motifs is 2. The van der Waals surface area contributed by atoms with Gasteiger partial charge in [0, 0.05) is 51.6 Å². The molecule has 6 aliphatic heterocycles. The third kappa shape index (κ3) is 21.0. The molecule has 0 radical (unpaired) electrons. The lowest BCUT2D eigenvalue weighted by Gasteiger charge is -2.36. The smallest absolute Gasteiger partial charge is 0.246 e. The maximum Gasteiger partial charge on any atom is 0.246 e. The highest BCUT2D eigenvalue weighted by molar-refractivity contribution is 7.90. The maximum atomic E-state index is 15.5. The molecule has 2 saturated heterocycles. The topological polar surface area (TPSA) is 411 Å². The molecule has 10 N–H and O–H groups in total. The van der Waals surface area contributed by atoms with E-state index in [1.54, 1.807) is 130 Å². The second kappa shape index (κ2) is 35.8. The first-order chi connectivity index (χ1) is 56.1. The minimum Gasteiger partial charge on any atom is -0.487 e. The van der Waals surface area contributed by atoms with Crippen LogP contribution in [0, 0.1) is 10.8 Å². The van der Waals surface area contributed by atoms with Crippen molar-refractivity contribution in [3.05, 3.63) is 179 Å². The van der Waals surface area contributed by atoms with E-state index in [9.17, 15) is 26.4 Å². The van der Waals surface area contributed by atoms with Gasteiger partial charge in [0.05, 0.1) is 59.4 Å². The number of hydrogen-bond donors (Lipinski definition) is 10. The predicted molar refractivity (Wildman–Crippen MR) is 440 cm³/mol. The number of carbonyl (C=O) groups excluding carboxylic acids is 8. The average molecular weight is 1660 g/mol. The van der Waals surface area contributed by atoms with Gasteiger partial charge in [-0.3, -0.25) is 38.4 Å². The molecular weight excluding hydrogens is 1550 g/mol. The highest BCUT2D eigenvalue weighted by atomic mass is 32.2. The van der Waals surface area contributed by atoms with E-state index in [0.29, 0.717) is 70.8 Å². The van der Waals surface area contributed by atoms with E-state index in [-0.39, 0.29) is 64.8 Å². The Balaban J connectivity index is 0.847. The summed E-state index contributed by atoms with van der Waals surface area (Å²) in [4.78, 5) is 123. The Labute approximate surface area is 686 Å². The molecule has 0 spiro atoms. The summed E-state index contributed by atoms with van der Waals surface area (Å²) in [5.41, 5.74) is 1.39. The van der Waals surface area contributed by atoms with Gasteiger partial charge in [0.1, 0.15) is 72.4 Å². The van der Waals surface area contributed by atoms with Gasteiger partial charge < -0.3 is 61.8 Å². The number of amides is 8. The van der Waals surface area contributed by atoms with Gasteiger partial charge in [-0.1, -0.05) is 161 Å². The molecule has 2 aliphatic carbocycles. The number of ether oxygens (including phenoxy) is 2. The number of nitrogens with zero attached hydrogens (tertiary/aromatic N) is 8. The number of sulfonamides is 2. The van der Waals surface area contributed by atoms with Crippen LogP contribution in [0.4, 0.5) is 0 Å². The molecule has 32 nitrogen and oxygen atoms in total. The maximum absolute atomic E-state index is 15.5. The molecule has 0 unspecified atom stereocenters. The molecule has 16 rings (SSSR count). The van der Waals surface area contributed by atoms with Gasteiger partial charge in [-0.15, -0.1) is 10.2 Å². The van der Waals surface area contributed by atoms with Crippen LogP contribution in [0.5, 0.6) is 11.5 Å². The van der Waals surface area contributed by atoms with Crippen LogP contribution in [0.1, 0.15) is 140 Å². The lowest BCUT2D eigenvalue weighted by molar-refractivity contribution is -0.144. The quantitative estimate of drug-likeness (QED) is 0.0575. The SMILES string of the molecule is CN[C@@H](C)C(=O)N[C@H](C(=O)N1C[C@@H]2C[C@H]1C(=O)N[C@@H](Cc1ccc3ccccc3c1)C(=O)N[C@H](NS(=O)(=O)C1CC1)Cc1ccc(cc1)OCc1cn(nn1)[C@H]1C[C@@H](C(=O)N[C@@H](Cc3ccc4ccccc4c3)C(=O)N[C@H](NS(=O)(=O)C3CC3)Cc3ccc(cc3)OCc3cn2nn3)N(C(=O)[C@@H](NC(=O)[C@H](C)NC)C(C)(C)C)C1)C(C)(C)C. The summed E-state index contributed by atoms with van der Waals surface area (Å²) >= 11 is 0. The van der Waals surface area contributed by atoms with Crippen molar-refractivity contribution in [1.29, 1.82) is 0 Å². The molecule has 8 amide bonds. The lowest BCUT2D eigenvalue weighted by atomic mass is 9.85. The van der Waals surface area contributed by atoms with Gasteiger partial charge in [0.2, 0.25) is 67.3 Å². The molecule has 8 aliphatic rings. The summed E-state index contributed by atoms with van der Waals surface area (Å²) in [6.07, 6.45) is 2.06. The molecule has 8 heterocycles. The summed E-state index contributed by atoms with van der Waals surface area (Å²) < 4.78 is 77.1. The molecular formula is C84H106N18O14S2. The van der Waals surface area contributed by atoms with Gasteiger partial charge in [-0.05, 0) is 133 Å². The highest BCUT2D eigenvalue weighted by Gasteiger charge is 2.50. The van der Waals surface area contributed by atoms with Crippen LogP contribution in [-0.2, 0) is 97.3 Å². The number of hydrogen-bond acceptors (Lipinski definition) is 20. The summed E-state index contributed by atoms with van der Waals surface area (Å²) in [6, 6.07) is 29.7. The molecule has 8 aromatic rings. The predicted octanol–water partition coefficient (Wildman–Crippen LogP) is 4.20. The fourth-order valence-electron chi connectivity index (χ4n) is 15.1. The number of likely N-dealkylation sites (N-methyl/N-ethyl adjacent to an activating group) is 2. The highest BCUT2D eigenvalue weighted by Crippen LogP contribution is 2.36. The van der Waals surface area contributed by atoms with Crippen LogP contribution >= 0.6 is 0 Å². The van der Waals surface area contributed by atoms with Gasteiger partial charge in [0.25, 0.3) is 0 Å². The zero-order chi connectivity index (χ0) is 84.1. The molecule has 34 heteroatoms. The van der Waals surface area contributed by atoms with E-state index >= 15 is 28.8 Å². The molecule has 4 fully saturated rings. The number of likely N-dealkylation sites (tertiary alicyclic amines) is 2. The molecule has 118 heavy (non-hydrogen) atoms. The van der Waals surface area contributed by atoms with Gasteiger partial charge in [-0.25, -0.2) is 26.2 Å². The monoisotopic (exact) mass is 1650 g/mol. The fraction of sp³-hybridized carbons (Fsp3) is 0.476. The van der Waals surface area contributed by atoms with Crippen LogP contribution in [0.3, 0.4) is 0 Å². The van der Waals surface area contributed by atoms with E-state index < -0.39 is 161 Å². The van der Waals surface area contributed by atoms with Crippen molar-refractivity contribution in [3.63, 3.8) is 0 Å². The number of rotatable bonds is 18. The van der Waals surface area contributed by atoms with E-state index in [1.807, 2.05) is 84.9 Å². The molecule has 12 bridgehead atoms. The Morgan fingerprint density at radius 3 is 1.20 bits per heavy atom. The van der Waals surface area contributed by atoms with Gasteiger partial charge in [0.15, 0.2) is 0 Å². The van der Waals surface area contributed by atoms with Crippen LogP contribution in [0.25, 0.3) is 21.5 Å². The molecule has 12 atom stereocenters. The number of nitrogens with one attached hydrogen (secondary N) is 10. The van der Waals surface area contributed by atoms with Crippen molar-refractivity contribution < 1.29 is 64.7 Å². The summed E-state index contributed by atoms with van der Waals surface area (Å²) in [6.45, 7) is 13.7. The van der Waals surface area contributed by atoms with Crippen LogP contribution in [-0.4, -0.2) is 202 Å². The zero-order valence-electron chi connectivity index (χ0n) is 67.9. The Bertz CT molecular complexity index is 4940. The first-order valence-electron chi connectivity index (χ1n) is 40.2. The van der Waals surface area contributed by atoms with Crippen molar-refractivity contribution >= 4 is 88.8 Å². The standard InChI is InChI=1S/C84H106N18O14S2/c1-49(85-9)75(103)91-73(83(3,4)5)81(109)99-45-61-41-69(99)79(107)87-67(37-53-19-25-55-15-11-13-17-57(55)35-53)77(105)89-71(95-117(111,112)65-31-32-65)39-51-23-29-64(30-24-51)116-48-60-44-102(98-94-60)62-42-70(100(46-62)82(110)74(84(6,7)8)92-76(104)50(2)86-10)80(108)88-68(38-54-20-26-56-16-12-14-18-58(56)36-54)78(106)90-72(96-118(113,114)66-33-34-66)40-52-21-27-63(28-22-52)115-47-59-43-101(61)97-93-59/h11-30,35-36,43-44,49-50,61-62,65-74,85-86,95-96H,31-34,37-42,45-48H2,1-10H3,(H,87,107)(H,88,108)(H,89,105)(H,90,106)(H,91,103)(H,92,104)/t49-,50-,61-,62-,67-,68-,69-,70-,71+,72+,73+,74+/m0/s1. The van der Waals surface area contributed by atoms with Crippen molar-refractivity contribution in [2.45, 2.75) is 216 Å². The Morgan fingerprint density at radius 1 is 0.492 bits per heavy atom. The third-order valence-electron chi connectivity index (χ3n) is 22.5. The Kier molecular flexibility index (Phi) is 25.8. The van der Waals surface area contributed by atoms with Gasteiger partial charge >= 0.3 is 0 Å². The van der Waals surface area contributed by atoms with Crippen LogP contribution in [0.2, 0.25) is 0 Å². The Morgan fingerprint density at radius 2 is 0.856 bits per heavy atom. The van der Waals surface area contributed by atoms with E-state index in [2.05, 4.69) is 72.6 Å². The molecule has 2 saturated carbocycles. The van der Waals surface area contributed by atoms with Crippen molar-refractivity contribution in [2.24, 2.45) is 10.8 Å². The van der Waals surface area contributed by atoms with Gasteiger partial charge in [-0.2, -0.15) is 9.44 Å². The van der Waals surface area contributed by atoms with Crippen LogP contribution < -0.4 is 61.5 Å². The summed E-state index contributed by atoms with van der Waals surface area (Å²) in [7, 11) is -4.75. The normalized spacial score (nSPS) is 22.6. The largest absolute Gasteiger partial charge is 0.487 e. The zero-order valence-corrected chi connectivity index (χ0v) is 69.6. The first-order valence-corrected chi connectivity index (χ1v) is 43.2. The van der Waals surface area contributed by atoms with E-state index in [0.717, 1.165) is 21.5 Å². The van der Waals surface area contributed by atoms with Crippen molar-refractivity contribution in [3.8, 4) is 11.5 Å². The molecule has 6 aromatic carbocycles. The minimum absolute atomic E-state index is 0.0350. The number of benzene rings is 6. The summed E-state index contributed by atoms with van der Waals surface area (Å²) in [5, 5.41) is 43.6. The lowest BCUT2D eigenvalue weighted by Crippen LogP contribution is -2.61. The van der Waals surface area contributed by atoms with E-state index in [4.69, 9.17) is 9.47 Å².